The number of nitrogens with zero attached hydrogens (tertiary/aromatic N) is 3. The molecule has 3 rings (SSSR count). The first-order valence-corrected chi connectivity index (χ1v) is 8.11. The van der Waals surface area contributed by atoms with E-state index >= 15 is 0 Å². The van der Waals surface area contributed by atoms with Gasteiger partial charge in [-0.25, -0.2) is 4.68 Å². The molecule has 0 radical (unpaired) electrons. The number of rotatable bonds is 4. The van der Waals surface area contributed by atoms with Crippen molar-refractivity contribution < 1.29 is 4.92 Å². The van der Waals surface area contributed by atoms with Crippen LogP contribution in [-0.4, -0.2) is 20.9 Å². The van der Waals surface area contributed by atoms with Crippen LogP contribution in [0.4, 0.5) is 11.4 Å². The van der Waals surface area contributed by atoms with Gasteiger partial charge in [0.2, 0.25) is 0 Å². The summed E-state index contributed by atoms with van der Waals surface area (Å²) in [4.78, 5) is 27.1. The zero-order chi connectivity index (χ0) is 18.0. The Hall–Kier alpha value is -3.00. The first-order chi connectivity index (χ1) is 12.0. The zero-order valence-electron chi connectivity index (χ0n) is 13.1. The topological polar surface area (TPSA) is 93.3 Å². The Balaban J connectivity index is 1.96. The van der Waals surface area contributed by atoms with Crippen LogP contribution in [0.5, 0.6) is 0 Å². The van der Waals surface area contributed by atoms with Crippen molar-refractivity contribution in [3.8, 4) is 5.69 Å². The second-order valence-electron chi connectivity index (χ2n) is 5.28. The van der Waals surface area contributed by atoms with Crippen molar-refractivity contribution in [2.24, 2.45) is 4.99 Å². The molecule has 0 fully saturated rings. The molecule has 126 valence electrons. The first-order valence-electron chi connectivity index (χ1n) is 7.32. The van der Waals surface area contributed by atoms with Crippen molar-refractivity contribution in [3.63, 3.8) is 0 Å². The van der Waals surface area contributed by atoms with Gasteiger partial charge in [0.15, 0.2) is 0 Å². The van der Waals surface area contributed by atoms with Crippen molar-refractivity contribution in [3.05, 3.63) is 84.7 Å². The summed E-state index contributed by atoms with van der Waals surface area (Å²) in [7, 11) is 0. The molecule has 1 aromatic heterocycles. The first kappa shape index (κ1) is 16.8. The molecule has 3 aromatic rings. The minimum Gasteiger partial charge on any atom is -0.295 e. The molecule has 1 heterocycles. The van der Waals surface area contributed by atoms with Crippen molar-refractivity contribution in [2.75, 3.05) is 0 Å². The Kier molecular flexibility index (Phi) is 4.62. The lowest BCUT2D eigenvalue weighted by atomic mass is 10.2. The number of hydrogen-bond donors (Lipinski definition) is 1. The van der Waals surface area contributed by atoms with Gasteiger partial charge in [0, 0.05) is 28.5 Å². The summed E-state index contributed by atoms with van der Waals surface area (Å²) in [6, 6.07) is 13.5. The van der Waals surface area contributed by atoms with Gasteiger partial charge in [-0.2, -0.15) is 0 Å². The number of aromatic amines is 1. The summed E-state index contributed by atoms with van der Waals surface area (Å²) in [5, 5.41) is 13.8. The Morgan fingerprint density at radius 1 is 1.24 bits per heavy atom. The molecule has 1 N–H and O–H groups in total. The zero-order valence-corrected chi connectivity index (χ0v) is 14.7. The van der Waals surface area contributed by atoms with Gasteiger partial charge in [-0.15, -0.1) is 0 Å². The highest BCUT2D eigenvalue weighted by Gasteiger charge is 2.12. The van der Waals surface area contributed by atoms with Gasteiger partial charge in [-0.1, -0.05) is 18.2 Å². The van der Waals surface area contributed by atoms with Crippen LogP contribution in [-0.2, 0) is 0 Å². The van der Waals surface area contributed by atoms with Gasteiger partial charge >= 0.3 is 0 Å². The Bertz CT molecular complexity index is 1020. The molecule has 0 atom stereocenters. The van der Waals surface area contributed by atoms with E-state index in [2.05, 4.69) is 26.0 Å². The molecule has 0 aliphatic carbocycles. The van der Waals surface area contributed by atoms with Crippen molar-refractivity contribution >= 4 is 33.5 Å². The minimum absolute atomic E-state index is 0.0323. The van der Waals surface area contributed by atoms with Crippen LogP contribution in [0, 0.1) is 17.0 Å². The molecule has 0 aliphatic heterocycles. The van der Waals surface area contributed by atoms with Gasteiger partial charge in [0.25, 0.3) is 11.2 Å². The molecule has 0 unspecified atom stereocenters. The smallest absolute Gasteiger partial charge is 0.280 e. The Morgan fingerprint density at radius 3 is 2.60 bits per heavy atom. The predicted molar refractivity (Wildman–Crippen MR) is 99.2 cm³/mol. The van der Waals surface area contributed by atoms with Gasteiger partial charge < -0.3 is 0 Å². The fraction of sp³-hybridized carbons (Fsp3) is 0.0588. The van der Waals surface area contributed by atoms with Crippen LogP contribution in [0.3, 0.4) is 0 Å². The van der Waals surface area contributed by atoms with E-state index in [-0.39, 0.29) is 11.2 Å². The van der Waals surface area contributed by atoms with E-state index in [1.807, 2.05) is 30.3 Å². The molecular formula is C17H13BrN4O3. The van der Waals surface area contributed by atoms with E-state index in [1.54, 1.807) is 6.92 Å². The standard InChI is InChI=1S/C17H13BrN4O3/c1-11-14(17(23)21(20-11)12-5-3-2-4-6-12)10-19-16-8-7-13(22(24)25)9-15(16)18/h2-10,20H,1H3. The maximum absolute atomic E-state index is 12.6. The molecule has 0 spiro atoms. The van der Waals surface area contributed by atoms with Crippen molar-refractivity contribution in [2.45, 2.75) is 6.92 Å². The van der Waals surface area contributed by atoms with Crippen LogP contribution in [0.2, 0.25) is 0 Å². The molecule has 2 aromatic carbocycles. The number of para-hydroxylation sites is 1. The number of hydrogen-bond acceptors (Lipinski definition) is 4. The van der Waals surface area contributed by atoms with Crippen molar-refractivity contribution in [1.82, 2.24) is 9.78 Å². The molecule has 8 heteroatoms. The number of benzene rings is 2. The van der Waals surface area contributed by atoms with E-state index in [0.717, 1.165) is 5.69 Å². The fourth-order valence-electron chi connectivity index (χ4n) is 2.32. The highest BCUT2D eigenvalue weighted by molar-refractivity contribution is 9.10. The van der Waals surface area contributed by atoms with E-state index < -0.39 is 4.92 Å². The number of aryl methyl sites for hydroxylation is 1. The van der Waals surface area contributed by atoms with E-state index in [0.29, 0.717) is 21.4 Å². The molecule has 0 saturated carbocycles. The second kappa shape index (κ2) is 6.86. The van der Waals surface area contributed by atoms with Crippen LogP contribution < -0.4 is 5.56 Å². The molecule has 0 bridgehead atoms. The lowest BCUT2D eigenvalue weighted by Gasteiger charge is -1.99. The number of halogens is 1. The predicted octanol–water partition coefficient (Wildman–Crippen LogP) is 3.90. The number of nitro benzene ring substituents is 1. The van der Waals surface area contributed by atoms with Crippen LogP contribution in [0.1, 0.15) is 11.3 Å². The number of non-ortho nitro benzene ring substituents is 1. The molecule has 0 aliphatic rings. The number of nitrogens with one attached hydrogen (secondary N) is 1. The summed E-state index contributed by atoms with van der Waals surface area (Å²) >= 11 is 3.26. The van der Waals surface area contributed by atoms with Gasteiger partial charge in [-0.05, 0) is 41.1 Å². The van der Waals surface area contributed by atoms with Gasteiger partial charge in [0.05, 0.1) is 21.9 Å². The third-order valence-corrected chi connectivity index (χ3v) is 4.24. The summed E-state index contributed by atoms with van der Waals surface area (Å²) < 4.78 is 1.93. The van der Waals surface area contributed by atoms with Gasteiger partial charge in [-0.3, -0.25) is 25.0 Å². The summed E-state index contributed by atoms with van der Waals surface area (Å²) in [5.41, 5.74) is 2.08. The Morgan fingerprint density at radius 2 is 1.96 bits per heavy atom. The third-order valence-electron chi connectivity index (χ3n) is 3.61. The quantitative estimate of drug-likeness (QED) is 0.408. The number of aromatic nitrogens is 2. The van der Waals surface area contributed by atoms with Crippen LogP contribution >= 0.6 is 15.9 Å². The van der Waals surface area contributed by atoms with E-state index in [1.165, 1.54) is 29.1 Å². The summed E-state index contributed by atoms with van der Waals surface area (Å²) in [6.07, 6.45) is 1.46. The molecule has 7 nitrogen and oxygen atoms in total. The van der Waals surface area contributed by atoms with Crippen molar-refractivity contribution in [1.29, 1.82) is 0 Å². The highest BCUT2D eigenvalue weighted by atomic mass is 79.9. The van der Waals surface area contributed by atoms with Crippen LogP contribution in [0.15, 0.2) is 62.8 Å². The van der Waals surface area contributed by atoms with E-state index in [9.17, 15) is 14.9 Å². The molecule has 0 amide bonds. The average Bonchev–Trinajstić information content (AvgIpc) is 2.89. The maximum atomic E-state index is 12.6. The summed E-state index contributed by atoms with van der Waals surface area (Å²) in [6.45, 7) is 1.78. The highest BCUT2D eigenvalue weighted by Crippen LogP contribution is 2.29. The molecule has 0 saturated heterocycles. The number of H-pyrrole nitrogens is 1. The summed E-state index contributed by atoms with van der Waals surface area (Å²) in [5.74, 6) is 0. The molecular weight excluding hydrogens is 388 g/mol. The Labute approximate surface area is 150 Å². The normalized spacial score (nSPS) is 11.1. The van der Waals surface area contributed by atoms with Crippen LogP contribution in [0.25, 0.3) is 5.69 Å². The number of nitro groups is 1. The lowest BCUT2D eigenvalue weighted by Crippen LogP contribution is -2.17. The lowest BCUT2D eigenvalue weighted by molar-refractivity contribution is -0.384. The largest absolute Gasteiger partial charge is 0.295 e. The molecule has 25 heavy (non-hydrogen) atoms. The minimum atomic E-state index is -0.479. The second-order valence-corrected chi connectivity index (χ2v) is 6.13. The fourth-order valence-corrected chi connectivity index (χ4v) is 2.79. The monoisotopic (exact) mass is 400 g/mol. The SMILES string of the molecule is Cc1[nH]n(-c2ccccc2)c(=O)c1C=Nc1ccc([N+](=O)[O-])cc1Br. The van der Waals surface area contributed by atoms with E-state index in [4.69, 9.17) is 0 Å². The van der Waals surface area contributed by atoms with Gasteiger partial charge in [0.1, 0.15) is 0 Å². The maximum Gasteiger partial charge on any atom is 0.280 e. The average molecular weight is 401 g/mol. The number of aliphatic imine (C=N–C) groups is 1. The third kappa shape index (κ3) is 3.43.